The van der Waals surface area contributed by atoms with Crippen molar-refractivity contribution in [2.24, 2.45) is 0 Å². The molecule has 0 radical (unpaired) electrons. The molecule has 0 saturated heterocycles. The summed E-state index contributed by atoms with van der Waals surface area (Å²) in [5.74, 6) is -0.463. The maximum Gasteiger partial charge on any atom is 0.330 e. The molecule has 1 heterocycles. The van der Waals surface area contributed by atoms with Crippen molar-refractivity contribution < 1.29 is 14.3 Å². The minimum atomic E-state index is -0.486. The highest BCUT2D eigenvalue weighted by Crippen LogP contribution is 2.11. The van der Waals surface area contributed by atoms with E-state index in [9.17, 15) is 9.59 Å². The van der Waals surface area contributed by atoms with Crippen LogP contribution < -0.4 is 5.32 Å². The lowest BCUT2D eigenvalue weighted by molar-refractivity contribution is -0.134. The van der Waals surface area contributed by atoms with E-state index in [0.717, 1.165) is 0 Å². The SMILES string of the molecule is COC(=O)/C=C/CNC(=O)c1nc(C)ncc1Cl. The first kappa shape index (κ1) is 14.1. The van der Waals surface area contributed by atoms with Gasteiger partial charge in [0, 0.05) is 12.6 Å². The molecule has 0 fully saturated rings. The molecule has 1 aromatic rings. The first-order valence-corrected chi connectivity index (χ1v) is 5.44. The zero-order valence-corrected chi connectivity index (χ0v) is 10.7. The summed E-state index contributed by atoms with van der Waals surface area (Å²) in [4.78, 5) is 30.2. The summed E-state index contributed by atoms with van der Waals surface area (Å²) in [6.45, 7) is 1.83. The van der Waals surface area contributed by atoms with E-state index in [0.29, 0.717) is 5.82 Å². The Hall–Kier alpha value is -1.95. The van der Waals surface area contributed by atoms with E-state index in [1.165, 1.54) is 25.5 Å². The Morgan fingerprint density at radius 3 is 2.94 bits per heavy atom. The highest BCUT2D eigenvalue weighted by Gasteiger charge is 2.11. The van der Waals surface area contributed by atoms with Crippen LogP contribution in [0.1, 0.15) is 16.3 Å². The number of methoxy groups -OCH3 is 1. The number of carbonyl (C=O) groups excluding carboxylic acids is 2. The van der Waals surface area contributed by atoms with Crippen molar-refractivity contribution in [1.82, 2.24) is 15.3 Å². The van der Waals surface area contributed by atoms with Crippen molar-refractivity contribution in [3.63, 3.8) is 0 Å². The summed E-state index contributed by atoms with van der Waals surface area (Å²) in [7, 11) is 1.27. The van der Waals surface area contributed by atoms with Gasteiger partial charge in [0.25, 0.3) is 5.91 Å². The van der Waals surface area contributed by atoms with Gasteiger partial charge in [-0.25, -0.2) is 14.8 Å². The molecule has 7 heteroatoms. The molecule has 18 heavy (non-hydrogen) atoms. The van der Waals surface area contributed by atoms with Gasteiger partial charge in [-0.1, -0.05) is 17.7 Å². The first-order valence-electron chi connectivity index (χ1n) is 5.06. The normalized spacial score (nSPS) is 10.4. The lowest BCUT2D eigenvalue weighted by atomic mass is 10.3. The maximum absolute atomic E-state index is 11.7. The molecule has 1 N–H and O–H groups in total. The Labute approximate surface area is 109 Å². The molecule has 1 aromatic heterocycles. The van der Waals surface area contributed by atoms with Crippen LogP contribution in [0.3, 0.4) is 0 Å². The first-order chi connectivity index (χ1) is 8.54. The van der Waals surface area contributed by atoms with Gasteiger partial charge >= 0.3 is 5.97 Å². The lowest BCUT2D eigenvalue weighted by Gasteiger charge is -2.03. The number of esters is 1. The molecule has 0 aliphatic rings. The minimum absolute atomic E-state index is 0.107. The monoisotopic (exact) mass is 269 g/mol. The highest BCUT2D eigenvalue weighted by molar-refractivity contribution is 6.33. The lowest BCUT2D eigenvalue weighted by Crippen LogP contribution is -2.25. The van der Waals surface area contributed by atoms with Crippen LogP contribution in [0.2, 0.25) is 5.02 Å². The van der Waals surface area contributed by atoms with Crippen molar-refractivity contribution in [3.8, 4) is 0 Å². The second-order valence-corrected chi connectivity index (χ2v) is 3.66. The number of aromatic nitrogens is 2. The number of rotatable bonds is 4. The zero-order valence-electron chi connectivity index (χ0n) is 9.94. The number of amides is 1. The molecule has 1 rings (SSSR count). The third-order valence-electron chi connectivity index (χ3n) is 1.92. The Balaban J connectivity index is 2.58. The summed E-state index contributed by atoms with van der Waals surface area (Å²) < 4.78 is 4.40. The number of hydrogen-bond acceptors (Lipinski definition) is 5. The number of ether oxygens (including phenoxy) is 1. The number of nitrogens with one attached hydrogen (secondary N) is 1. The van der Waals surface area contributed by atoms with Crippen molar-refractivity contribution in [2.75, 3.05) is 13.7 Å². The Bertz CT molecular complexity index is 488. The Morgan fingerprint density at radius 2 is 2.28 bits per heavy atom. The molecule has 1 amide bonds. The van der Waals surface area contributed by atoms with Gasteiger partial charge in [0.1, 0.15) is 11.5 Å². The highest BCUT2D eigenvalue weighted by atomic mass is 35.5. The summed E-state index contributed by atoms with van der Waals surface area (Å²) >= 11 is 5.80. The number of aryl methyl sites for hydroxylation is 1. The summed E-state index contributed by atoms with van der Waals surface area (Å²) in [5, 5.41) is 2.71. The van der Waals surface area contributed by atoms with Gasteiger partial charge in [-0.3, -0.25) is 4.79 Å². The zero-order chi connectivity index (χ0) is 13.5. The molecule has 96 valence electrons. The molecular weight excluding hydrogens is 258 g/mol. The van der Waals surface area contributed by atoms with Crippen LogP contribution in [0, 0.1) is 6.92 Å². The predicted octanol–water partition coefficient (Wildman–Crippen LogP) is 0.897. The minimum Gasteiger partial charge on any atom is -0.466 e. The molecular formula is C11H12ClN3O3. The molecule has 0 unspecified atom stereocenters. The number of hydrogen-bond donors (Lipinski definition) is 1. The van der Waals surface area contributed by atoms with Crippen LogP contribution in [0.15, 0.2) is 18.3 Å². The summed E-state index contributed by atoms with van der Waals surface area (Å²) in [5.41, 5.74) is 0.107. The smallest absolute Gasteiger partial charge is 0.330 e. The molecule has 6 nitrogen and oxygen atoms in total. The molecule has 0 aromatic carbocycles. The van der Waals surface area contributed by atoms with Crippen LogP contribution in [0.5, 0.6) is 0 Å². The quantitative estimate of drug-likeness (QED) is 0.649. The van der Waals surface area contributed by atoms with E-state index in [-0.39, 0.29) is 17.3 Å². The van der Waals surface area contributed by atoms with Gasteiger partial charge in [-0.2, -0.15) is 0 Å². The predicted molar refractivity (Wildman–Crippen MR) is 65.3 cm³/mol. The fourth-order valence-corrected chi connectivity index (χ4v) is 1.25. The average molecular weight is 270 g/mol. The molecule has 0 aliphatic heterocycles. The molecule has 0 aliphatic carbocycles. The third-order valence-corrected chi connectivity index (χ3v) is 2.19. The number of carbonyl (C=O) groups is 2. The van der Waals surface area contributed by atoms with Crippen molar-refractivity contribution >= 4 is 23.5 Å². The van der Waals surface area contributed by atoms with Crippen LogP contribution in [0.4, 0.5) is 0 Å². The van der Waals surface area contributed by atoms with Crippen molar-refractivity contribution in [1.29, 1.82) is 0 Å². The molecule has 0 bridgehead atoms. The molecule has 0 spiro atoms. The fourth-order valence-electron chi connectivity index (χ4n) is 1.07. The van der Waals surface area contributed by atoms with E-state index < -0.39 is 11.9 Å². The van der Waals surface area contributed by atoms with Crippen LogP contribution in [0.25, 0.3) is 0 Å². The molecule has 0 saturated carbocycles. The summed E-state index contributed by atoms with van der Waals surface area (Å²) in [6.07, 6.45) is 4.04. The molecule has 0 atom stereocenters. The third kappa shape index (κ3) is 4.14. The fraction of sp³-hybridized carbons (Fsp3) is 0.273. The number of nitrogens with zero attached hydrogens (tertiary/aromatic N) is 2. The van der Waals surface area contributed by atoms with E-state index >= 15 is 0 Å². The summed E-state index contributed by atoms with van der Waals surface area (Å²) in [6, 6.07) is 0. The van der Waals surface area contributed by atoms with Gasteiger partial charge in [0.15, 0.2) is 0 Å². The second kappa shape index (κ2) is 6.70. The van der Waals surface area contributed by atoms with Crippen LogP contribution in [-0.4, -0.2) is 35.5 Å². The largest absolute Gasteiger partial charge is 0.466 e. The van der Waals surface area contributed by atoms with E-state index in [1.54, 1.807) is 6.92 Å². The maximum atomic E-state index is 11.7. The second-order valence-electron chi connectivity index (χ2n) is 3.25. The standard InChI is InChI=1S/C11H12ClN3O3/c1-7-14-6-8(12)10(15-7)11(17)13-5-3-4-9(16)18-2/h3-4,6H,5H2,1-2H3,(H,13,17)/b4-3+. The van der Waals surface area contributed by atoms with E-state index in [1.807, 2.05) is 0 Å². The van der Waals surface area contributed by atoms with Crippen molar-refractivity contribution in [2.45, 2.75) is 6.92 Å². The Morgan fingerprint density at radius 1 is 1.56 bits per heavy atom. The Kier molecular flexibility index (Phi) is 5.26. The van der Waals surface area contributed by atoms with Gasteiger partial charge < -0.3 is 10.1 Å². The van der Waals surface area contributed by atoms with Gasteiger partial charge in [-0.15, -0.1) is 0 Å². The van der Waals surface area contributed by atoms with Gasteiger partial charge in [0.05, 0.1) is 18.3 Å². The van der Waals surface area contributed by atoms with Crippen LogP contribution in [-0.2, 0) is 9.53 Å². The van der Waals surface area contributed by atoms with Crippen LogP contribution >= 0.6 is 11.6 Å². The topological polar surface area (TPSA) is 81.2 Å². The van der Waals surface area contributed by atoms with E-state index in [2.05, 4.69) is 20.0 Å². The average Bonchev–Trinajstić information content (AvgIpc) is 2.36. The number of halogens is 1. The van der Waals surface area contributed by atoms with Gasteiger partial charge in [0.2, 0.25) is 0 Å². The van der Waals surface area contributed by atoms with Crippen molar-refractivity contribution in [3.05, 3.63) is 34.9 Å². The van der Waals surface area contributed by atoms with Gasteiger partial charge in [-0.05, 0) is 6.92 Å². The van der Waals surface area contributed by atoms with E-state index in [4.69, 9.17) is 11.6 Å².